The Morgan fingerprint density at radius 1 is 1.04 bits per heavy atom. The van der Waals surface area contributed by atoms with E-state index in [0.717, 1.165) is 16.1 Å². The first kappa shape index (κ1) is 21.6. The minimum atomic E-state index is -3.78. The largest absolute Gasteiger partial charge is 0.497 e. The van der Waals surface area contributed by atoms with Crippen molar-refractivity contribution in [1.82, 2.24) is 5.32 Å². The molecule has 8 heteroatoms. The van der Waals surface area contributed by atoms with Crippen molar-refractivity contribution < 1.29 is 22.7 Å². The first-order valence-corrected chi connectivity index (χ1v) is 10.6. The molecule has 7 nitrogen and oxygen atoms in total. The highest BCUT2D eigenvalue weighted by Crippen LogP contribution is 2.35. The third kappa shape index (κ3) is 4.95. The summed E-state index contributed by atoms with van der Waals surface area (Å²) in [6.45, 7) is 3.38. The molecule has 1 N–H and O–H groups in total. The average molecular weight is 407 g/mol. The molecule has 0 saturated carbocycles. The molecule has 0 radical (unpaired) electrons. The Kier molecular flexibility index (Phi) is 6.90. The molecule has 0 aromatic heterocycles. The lowest BCUT2D eigenvalue weighted by Gasteiger charge is -2.30. The van der Waals surface area contributed by atoms with Gasteiger partial charge in [0.05, 0.1) is 32.2 Å². The van der Waals surface area contributed by atoms with E-state index in [0.29, 0.717) is 11.5 Å². The summed E-state index contributed by atoms with van der Waals surface area (Å²) in [5.41, 5.74) is 1.16. The van der Waals surface area contributed by atoms with Gasteiger partial charge in [-0.15, -0.1) is 0 Å². The standard InChI is InChI=1S/C20H26N2O5S/c1-14(16-9-7-6-8-10-16)21-20(23)15(2)22(28(5,24)25)18-13-17(26-3)11-12-19(18)27-4/h6-15H,1-5H3,(H,21,23)/t14-,15?/m1/s1. The molecule has 0 fully saturated rings. The Labute approximate surface area is 166 Å². The Morgan fingerprint density at radius 2 is 1.68 bits per heavy atom. The predicted octanol–water partition coefficient (Wildman–Crippen LogP) is 2.74. The van der Waals surface area contributed by atoms with Crippen LogP contribution < -0.4 is 19.1 Å². The number of nitrogens with zero attached hydrogens (tertiary/aromatic N) is 1. The third-order valence-corrected chi connectivity index (χ3v) is 5.60. The zero-order valence-electron chi connectivity index (χ0n) is 16.7. The lowest BCUT2D eigenvalue weighted by molar-refractivity contribution is -0.122. The van der Waals surface area contributed by atoms with Crippen LogP contribution in [0.3, 0.4) is 0 Å². The number of hydrogen-bond acceptors (Lipinski definition) is 5. The van der Waals surface area contributed by atoms with E-state index < -0.39 is 22.0 Å². The molecule has 0 aliphatic carbocycles. The number of methoxy groups -OCH3 is 2. The molecule has 2 rings (SSSR count). The number of benzene rings is 2. The highest BCUT2D eigenvalue weighted by Gasteiger charge is 2.32. The van der Waals surface area contributed by atoms with Gasteiger partial charge in [0.2, 0.25) is 15.9 Å². The topological polar surface area (TPSA) is 84.9 Å². The zero-order chi connectivity index (χ0) is 20.9. The summed E-state index contributed by atoms with van der Waals surface area (Å²) in [4.78, 5) is 12.9. The number of anilines is 1. The van der Waals surface area contributed by atoms with Crippen LogP contribution in [0.15, 0.2) is 48.5 Å². The summed E-state index contributed by atoms with van der Waals surface area (Å²) in [5.74, 6) is 0.350. The number of carbonyl (C=O) groups excluding carboxylic acids is 1. The van der Waals surface area contributed by atoms with Crippen LogP contribution >= 0.6 is 0 Å². The molecule has 152 valence electrons. The van der Waals surface area contributed by atoms with Crippen molar-refractivity contribution in [3.63, 3.8) is 0 Å². The van der Waals surface area contributed by atoms with Crippen LogP contribution in [0.4, 0.5) is 5.69 Å². The summed E-state index contributed by atoms with van der Waals surface area (Å²) in [6, 6.07) is 13.0. The highest BCUT2D eigenvalue weighted by atomic mass is 32.2. The zero-order valence-corrected chi connectivity index (χ0v) is 17.5. The monoisotopic (exact) mass is 406 g/mol. The van der Waals surface area contributed by atoms with Crippen LogP contribution in [0.25, 0.3) is 0 Å². The highest BCUT2D eigenvalue weighted by molar-refractivity contribution is 7.92. The first-order chi connectivity index (χ1) is 13.2. The smallest absolute Gasteiger partial charge is 0.244 e. The number of sulfonamides is 1. The van der Waals surface area contributed by atoms with Gasteiger partial charge in [0.1, 0.15) is 17.5 Å². The van der Waals surface area contributed by atoms with Gasteiger partial charge in [0.15, 0.2) is 0 Å². The van der Waals surface area contributed by atoms with Crippen molar-refractivity contribution >= 4 is 21.6 Å². The molecule has 2 aromatic carbocycles. The van der Waals surface area contributed by atoms with Gasteiger partial charge < -0.3 is 14.8 Å². The van der Waals surface area contributed by atoms with E-state index in [1.165, 1.54) is 27.2 Å². The molecule has 0 spiro atoms. The van der Waals surface area contributed by atoms with Gasteiger partial charge >= 0.3 is 0 Å². The second kappa shape index (κ2) is 8.97. The van der Waals surface area contributed by atoms with Crippen LogP contribution in [0.1, 0.15) is 25.5 Å². The van der Waals surface area contributed by atoms with Gasteiger partial charge in [0.25, 0.3) is 0 Å². The Bertz CT molecular complexity index is 915. The van der Waals surface area contributed by atoms with E-state index in [1.54, 1.807) is 12.1 Å². The number of nitrogens with one attached hydrogen (secondary N) is 1. The maximum atomic E-state index is 12.9. The van der Waals surface area contributed by atoms with Crippen LogP contribution in [0, 0.1) is 0 Å². The van der Waals surface area contributed by atoms with Gasteiger partial charge in [-0.2, -0.15) is 0 Å². The maximum Gasteiger partial charge on any atom is 0.244 e. The molecule has 1 unspecified atom stereocenters. The third-order valence-electron chi connectivity index (χ3n) is 4.37. The lowest BCUT2D eigenvalue weighted by Crippen LogP contribution is -2.48. The van der Waals surface area contributed by atoms with E-state index >= 15 is 0 Å². The number of carbonyl (C=O) groups is 1. The van der Waals surface area contributed by atoms with Crippen LogP contribution in [-0.4, -0.2) is 40.8 Å². The number of rotatable bonds is 8. The second-order valence-electron chi connectivity index (χ2n) is 6.41. The molecule has 0 heterocycles. The fourth-order valence-electron chi connectivity index (χ4n) is 2.91. The van der Waals surface area contributed by atoms with Gasteiger partial charge in [0, 0.05) is 6.07 Å². The van der Waals surface area contributed by atoms with Crippen molar-refractivity contribution in [2.24, 2.45) is 0 Å². The average Bonchev–Trinajstić information content (AvgIpc) is 2.67. The molecular weight excluding hydrogens is 380 g/mol. The molecule has 0 saturated heterocycles. The SMILES string of the molecule is COc1ccc(OC)c(N(C(C)C(=O)N[C@H](C)c2ccccc2)S(C)(=O)=O)c1. The van der Waals surface area contributed by atoms with Crippen molar-refractivity contribution in [2.75, 3.05) is 24.8 Å². The quantitative estimate of drug-likeness (QED) is 0.729. The van der Waals surface area contributed by atoms with Crippen molar-refractivity contribution in [1.29, 1.82) is 0 Å². The van der Waals surface area contributed by atoms with E-state index in [4.69, 9.17) is 9.47 Å². The molecule has 2 atom stereocenters. The van der Waals surface area contributed by atoms with Crippen molar-refractivity contribution in [2.45, 2.75) is 25.9 Å². The Hall–Kier alpha value is -2.74. The van der Waals surface area contributed by atoms with E-state index in [9.17, 15) is 13.2 Å². The normalized spacial score (nSPS) is 13.3. The Balaban J connectivity index is 2.37. The van der Waals surface area contributed by atoms with E-state index in [-0.39, 0.29) is 11.7 Å². The minimum Gasteiger partial charge on any atom is -0.497 e. The summed E-state index contributed by atoms with van der Waals surface area (Å²) >= 11 is 0. The molecular formula is C20H26N2O5S. The Morgan fingerprint density at radius 3 is 2.21 bits per heavy atom. The summed E-state index contributed by atoms with van der Waals surface area (Å²) < 4.78 is 36.7. The number of ether oxygens (including phenoxy) is 2. The van der Waals surface area contributed by atoms with Gasteiger partial charge in [-0.25, -0.2) is 8.42 Å². The molecule has 0 aliphatic rings. The summed E-state index contributed by atoms with van der Waals surface area (Å²) in [7, 11) is -0.865. The molecule has 0 bridgehead atoms. The first-order valence-electron chi connectivity index (χ1n) is 8.75. The van der Waals surface area contributed by atoms with Gasteiger partial charge in [-0.1, -0.05) is 30.3 Å². The van der Waals surface area contributed by atoms with Crippen LogP contribution in [0.2, 0.25) is 0 Å². The fraction of sp³-hybridized carbons (Fsp3) is 0.350. The molecule has 2 aromatic rings. The lowest BCUT2D eigenvalue weighted by atomic mass is 10.1. The summed E-state index contributed by atoms with van der Waals surface area (Å²) in [6.07, 6.45) is 1.05. The van der Waals surface area contributed by atoms with E-state index in [1.807, 2.05) is 37.3 Å². The number of hydrogen-bond donors (Lipinski definition) is 1. The van der Waals surface area contributed by atoms with E-state index in [2.05, 4.69) is 5.32 Å². The van der Waals surface area contributed by atoms with Gasteiger partial charge in [-0.3, -0.25) is 9.10 Å². The minimum absolute atomic E-state index is 0.236. The van der Waals surface area contributed by atoms with Gasteiger partial charge in [-0.05, 0) is 31.5 Å². The number of amides is 1. The van der Waals surface area contributed by atoms with Crippen LogP contribution in [-0.2, 0) is 14.8 Å². The molecule has 28 heavy (non-hydrogen) atoms. The molecule has 0 aliphatic heterocycles. The molecule has 1 amide bonds. The second-order valence-corrected chi connectivity index (χ2v) is 8.27. The maximum absolute atomic E-state index is 12.9. The summed E-state index contributed by atoms with van der Waals surface area (Å²) in [5, 5.41) is 2.87. The predicted molar refractivity (Wildman–Crippen MR) is 109 cm³/mol. The van der Waals surface area contributed by atoms with Crippen molar-refractivity contribution in [3.05, 3.63) is 54.1 Å². The van der Waals surface area contributed by atoms with Crippen molar-refractivity contribution in [3.8, 4) is 11.5 Å². The fourth-order valence-corrected chi connectivity index (χ4v) is 4.08. The van der Waals surface area contributed by atoms with Crippen LogP contribution in [0.5, 0.6) is 11.5 Å².